The maximum Gasteiger partial charge on any atom is 0.267 e. The van der Waals surface area contributed by atoms with Crippen molar-refractivity contribution in [2.24, 2.45) is 0 Å². The van der Waals surface area contributed by atoms with Gasteiger partial charge in [0.1, 0.15) is 17.3 Å². The summed E-state index contributed by atoms with van der Waals surface area (Å²) in [6, 6.07) is 16.7. The molecule has 0 radical (unpaired) electrons. The number of halogens is 1. The van der Waals surface area contributed by atoms with Crippen molar-refractivity contribution >= 4 is 17.7 Å². The Labute approximate surface area is 161 Å². The van der Waals surface area contributed by atoms with E-state index in [0.29, 0.717) is 23.6 Å². The first-order valence-corrected chi connectivity index (χ1v) is 8.47. The first-order valence-electron chi connectivity index (χ1n) is 8.47. The number of anilines is 1. The molecule has 0 atom stereocenters. The van der Waals surface area contributed by atoms with Gasteiger partial charge in [0.25, 0.3) is 5.91 Å². The molecule has 1 aromatic heterocycles. The first kappa shape index (κ1) is 19.1. The molecule has 7 heteroatoms. The smallest absolute Gasteiger partial charge is 0.267 e. The van der Waals surface area contributed by atoms with E-state index in [9.17, 15) is 9.18 Å². The van der Waals surface area contributed by atoms with Crippen molar-refractivity contribution in [3.63, 3.8) is 0 Å². The number of carbonyl (C=O) groups is 1. The lowest BCUT2D eigenvalue weighted by molar-refractivity contribution is -0.124. The summed E-state index contributed by atoms with van der Waals surface area (Å²) in [5.41, 5.74) is 3.75. The molecule has 0 saturated carbocycles. The molecule has 3 aromatic rings. The molecule has 1 heterocycles. The summed E-state index contributed by atoms with van der Waals surface area (Å²) in [5, 5.41) is 11.9. The molecule has 28 heavy (non-hydrogen) atoms. The lowest BCUT2D eigenvalue weighted by Crippen LogP contribution is -2.14. The third-order valence-corrected chi connectivity index (χ3v) is 3.76. The van der Waals surface area contributed by atoms with Crippen LogP contribution in [0, 0.1) is 5.82 Å². The van der Waals surface area contributed by atoms with Crippen LogP contribution < -0.4 is 15.5 Å². The van der Waals surface area contributed by atoms with Gasteiger partial charge in [-0.15, -0.1) is 0 Å². The number of pyridine rings is 1. The normalized spacial score (nSPS) is 10.6. The number of rotatable bonds is 7. The molecule has 0 unspecified atom stereocenters. The zero-order valence-electron chi connectivity index (χ0n) is 14.8. The SMILES string of the molecule is O=C(/C=C/c1cc(NCc2ccccn2)ccc1Oc1cccc(F)c1)NO. The Morgan fingerprint density at radius 3 is 2.79 bits per heavy atom. The van der Waals surface area contributed by atoms with Gasteiger partial charge >= 0.3 is 0 Å². The number of hydrogen-bond donors (Lipinski definition) is 3. The zero-order valence-corrected chi connectivity index (χ0v) is 14.8. The Kier molecular flexibility index (Phi) is 6.33. The minimum absolute atomic E-state index is 0.329. The fraction of sp³-hybridized carbons (Fsp3) is 0.0476. The molecular weight excluding hydrogens is 361 g/mol. The van der Waals surface area contributed by atoms with Crippen molar-refractivity contribution in [3.05, 3.63) is 90.0 Å². The highest BCUT2D eigenvalue weighted by Gasteiger charge is 2.07. The second-order valence-electron chi connectivity index (χ2n) is 5.80. The van der Waals surface area contributed by atoms with E-state index in [2.05, 4.69) is 10.3 Å². The molecule has 142 valence electrons. The summed E-state index contributed by atoms with van der Waals surface area (Å²) >= 11 is 0. The molecule has 3 N–H and O–H groups in total. The van der Waals surface area contributed by atoms with Gasteiger partial charge in [0.15, 0.2) is 0 Å². The topological polar surface area (TPSA) is 83.5 Å². The molecule has 0 bridgehead atoms. The van der Waals surface area contributed by atoms with Crippen LogP contribution in [0.25, 0.3) is 6.08 Å². The highest BCUT2D eigenvalue weighted by atomic mass is 19.1. The van der Waals surface area contributed by atoms with Crippen LogP contribution in [-0.2, 0) is 11.3 Å². The van der Waals surface area contributed by atoms with Gasteiger partial charge < -0.3 is 10.1 Å². The number of nitrogens with one attached hydrogen (secondary N) is 2. The van der Waals surface area contributed by atoms with E-state index in [4.69, 9.17) is 9.94 Å². The van der Waals surface area contributed by atoms with E-state index >= 15 is 0 Å². The largest absolute Gasteiger partial charge is 0.457 e. The number of aromatic nitrogens is 1. The van der Waals surface area contributed by atoms with Gasteiger partial charge in [-0.05, 0) is 48.5 Å². The molecule has 0 aliphatic rings. The molecule has 3 rings (SSSR count). The van der Waals surface area contributed by atoms with Crippen LogP contribution in [0.2, 0.25) is 0 Å². The third-order valence-electron chi connectivity index (χ3n) is 3.76. The summed E-state index contributed by atoms with van der Waals surface area (Å²) in [6.45, 7) is 0.519. The van der Waals surface area contributed by atoms with E-state index in [0.717, 1.165) is 17.5 Å². The summed E-state index contributed by atoms with van der Waals surface area (Å²) in [7, 11) is 0. The summed E-state index contributed by atoms with van der Waals surface area (Å²) in [4.78, 5) is 15.6. The van der Waals surface area contributed by atoms with Crippen molar-refractivity contribution in [2.45, 2.75) is 6.54 Å². The Morgan fingerprint density at radius 1 is 1.14 bits per heavy atom. The Balaban J connectivity index is 1.83. The molecule has 2 aromatic carbocycles. The van der Waals surface area contributed by atoms with Gasteiger partial charge in [-0.3, -0.25) is 15.0 Å². The van der Waals surface area contributed by atoms with Crippen molar-refractivity contribution in [3.8, 4) is 11.5 Å². The van der Waals surface area contributed by atoms with Gasteiger partial charge in [0.05, 0.1) is 12.2 Å². The number of amides is 1. The Bertz CT molecular complexity index is 978. The van der Waals surface area contributed by atoms with Crippen LogP contribution in [0.5, 0.6) is 11.5 Å². The fourth-order valence-corrected chi connectivity index (χ4v) is 2.44. The van der Waals surface area contributed by atoms with Gasteiger partial charge in [0.2, 0.25) is 0 Å². The monoisotopic (exact) mass is 379 g/mol. The van der Waals surface area contributed by atoms with Crippen LogP contribution in [0.1, 0.15) is 11.3 Å². The second kappa shape index (κ2) is 9.29. The highest BCUT2D eigenvalue weighted by molar-refractivity contribution is 5.91. The Hall–Kier alpha value is -3.71. The number of nitrogens with zero attached hydrogens (tertiary/aromatic N) is 1. The van der Waals surface area contributed by atoms with Crippen LogP contribution in [-0.4, -0.2) is 16.1 Å². The number of hydroxylamine groups is 1. The second-order valence-corrected chi connectivity index (χ2v) is 5.80. The van der Waals surface area contributed by atoms with Crippen molar-refractivity contribution in [1.29, 1.82) is 0 Å². The molecular formula is C21H18FN3O3. The molecule has 0 aliphatic carbocycles. The molecule has 0 fully saturated rings. The summed E-state index contributed by atoms with van der Waals surface area (Å²) in [5.74, 6) is -0.335. The number of ether oxygens (including phenoxy) is 1. The van der Waals surface area contributed by atoms with E-state index < -0.39 is 11.7 Å². The molecule has 1 amide bonds. The minimum atomic E-state index is -0.677. The van der Waals surface area contributed by atoms with Crippen LogP contribution >= 0.6 is 0 Å². The zero-order chi connectivity index (χ0) is 19.8. The van der Waals surface area contributed by atoms with Gasteiger partial charge in [-0.2, -0.15) is 0 Å². The number of carbonyl (C=O) groups excluding carboxylic acids is 1. The Morgan fingerprint density at radius 2 is 2.04 bits per heavy atom. The third kappa shape index (κ3) is 5.39. The highest BCUT2D eigenvalue weighted by Crippen LogP contribution is 2.29. The fourth-order valence-electron chi connectivity index (χ4n) is 2.44. The van der Waals surface area contributed by atoms with E-state index in [1.165, 1.54) is 23.7 Å². The van der Waals surface area contributed by atoms with E-state index in [1.807, 2.05) is 18.2 Å². The van der Waals surface area contributed by atoms with Crippen molar-refractivity contribution in [2.75, 3.05) is 5.32 Å². The summed E-state index contributed by atoms with van der Waals surface area (Å²) in [6.07, 6.45) is 4.37. The lowest BCUT2D eigenvalue weighted by atomic mass is 10.1. The molecule has 6 nitrogen and oxygen atoms in total. The molecule has 0 spiro atoms. The maximum atomic E-state index is 13.4. The van der Waals surface area contributed by atoms with E-state index in [1.54, 1.807) is 36.5 Å². The van der Waals surface area contributed by atoms with Crippen LogP contribution in [0.3, 0.4) is 0 Å². The van der Waals surface area contributed by atoms with Crippen LogP contribution in [0.15, 0.2) is 72.9 Å². The summed E-state index contributed by atoms with van der Waals surface area (Å²) < 4.78 is 19.2. The maximum absolute atomic E-state index is 13.4. The van der Waals surface area contributed by atoms with Gasteiger partial charge in [-0.25, -0.2) is 9.87 Å². The van der Waals surface area contributed by atoms with Crippen LogP contribution in [0.4, 0.5) is 10.1 Å². The van der Waals surface area contributed by atoms with Crippen molar-refractivity contribution in [1.82, 2.24) is 10.5 Å². The van der Waals surface area contributed by atoms with Gasteiger partial charge in [-0.1, -0.05) is 12.1 Å². The standard InChI is InChI=1S/C21H18FN3O3/c22-16-4-3-6-19(13-16)28-20-9-8-17(12-15(20)7-10-21(26)25-27)24-14-18-5-1-2-11-23-18/h1-13,24,27H,14H2,(H,25,26)/b10-7+. The quantitative estimate of drug-likeness (QED) is 0.326. The molecule has 0 aliphatic heterocycles. The lowest BCUT2D eigenvalue weighted by Gasteiger charge is -2.12. The molecule has 0 saturated heterocycles. The average Bonchev–Trinajstić information content (AvgIpc) is 2.72. The predicted molar refractivity (Wildman–Crippen MR) is 103 cm³/mol. The van der Waals surface area contributed by atoms with Crippen molar-refractivity contribution < 1.29 is 19.1 Å². The predicted octanol–water partition coefficient (Wildman–Crippen LogP) is 4.14. The van der Waals surface area contributed by atoms with Gasteiger partial charge in [0, 0.05) is 29.6 Å². The number of benzene rings is 2. The number of hydrogen-bond acceptors (Lipinski definition) is 5. The minimum Gasteiger partial charge on any atom is -0.457 e. The average molecular weight is 379 g/mol. The van der Waals surface area contributed by atoms with E-state index in [-0.39, 0.29) is 0 Å². The first-order chi connectivity index (χ1) is 13.6.